The van der Waals surface area contributed by atoms with Crippen LogP contribution in [0.4, 0.5) is 11.4 Å². The van der Waals surface area contributed by atoms with Crippen molar-refractivity contribution in [1.82, 2.24) is 9.78 Å². The van der Waals surface area contributed by atoms with Gasteiger partial charge in [-0.1, -0.05) is 12.1 Å². The lowest BCUT2D eigenvalue weighted by Crippen LogP contribution is -2.20. The van der Waals surface area contributed by atoms with E-state index in [2.05, 4.69) is 10.4 Å². The van der Waals surface area contributed by atoms with E-state index in [0.29, 0.717) is 17.1 Å². The number of amides is 1. The normalized spacial score (nSPS) is 10.2. The summed E-state index contributed by atoms with van der Waals surface area (Å²) >= 11 is 0. The molecule has 3 N–H and O–H groups in total. The Morgan fingerprint density at radius 1 is 1.47 bits per heavy atom. The molecule has 1 heterocycles. The van der Waals surface area contributed by atoms with E-state index in [1.165, 1.54) is 0 Å². The van der Waals surface area contributed by atoms with Crippen LogP contribution in [0.15, 0.2) is 30.5 Å². The zero-order chi connectivity index (χ0) is 13.8. The largest absolute Gasteiger partial charge is 0.482 e. The number of nitrogens with zero attached hydrogens (tertiary/aromatic N) is 2. The summed E-state index contributed by atoms with van der Waals surface area (Å²) in [4.78, 5) is 11.7. The standard InChI is InChI=1S/C13H16N4O2/c1-9-11(7-17(2)16-9)15-13(18)8-19-12-6-4-3-5-10(12)14/h3-7H,8,14H2,1-2H3,(H,15,18). The average Bonchev–Trinajstić information content (AvgIpc) is 2.67. The summed E-state index contributed by atoms with van der Waals surface area (Å²) in [5.41, 5.74) is 7.66. The highest BCUT2D eigenvalue weighted by Gasteiger charge is 2.09. The molecule has 6 heteroatoms. The van der Waals surface area contributed by atoms with Gasteiger partial charge >= 0.3 is 0 Å². The Bertz CT molecular complexity index is 592. The number of nitrogen functional groups attached to an aromatic ring is 1. The molecule has 0 radical (unpaired) electrons. The van der Waals surface area contributed by atoms with Gasteiger partial charge in [-0.05, 0) is 19.1 Å². The number of nitrogens with two attached hydrogens (primary N) is 1. The minimum absolute atomic E-state index is 0.0947. The zero-order valence-corrected chi connectivity index (χ0v) is 10.9. The van der Waals surface area contributed by atoms with E-state index in [-0.39, 0.29) is 12.5 Å². The number of carbonyl (C=O) groups excluding carboxylic acids is 1. The number of ether oxygens (including phenoxy) is 1. The second-order valence-electron chi connectivity index (χ2n) is 4.18. The summed E-state index contributed by atoms with van der Waals surface area (Å²) in [6.07, 6.45) is 1.74. The average molecular weight is 260 g/mol. The topological polar surface area (TPSA) is 82.2 Å². The molecule has 0 spiro atoms. The fourth-order valence-corrected chi connectivity index (χ4v) is 1.66. The van der Waals surface area contributed by atoms with Crippen LogP contribution < -0.4 is 15.8 Å². The molecule has 1 amide bonds. The number of aromatic nitrogens is 2. The monoisotopic (exact) mass is 260 g/mol. The van der Waals surface area contributed by atoms with Gasteiger partial charge in [0.1, 0.15) is 5.75 Å². The molecular weight excluding hydrogens is 244 g/mol. The third-order valence-electron chi connectivity index (χ3n) is 2.57. The number of anilines is 2. The van der Waals surface area contributed by atoms with Crippen molar-refractivity contribution in [3.8, 4) is 5.75 Å². The predicted octanol–water partition coefficient (Wildman–Crippen LogP) is 1.33. The lowest BCUT2D eigenvalue weighted by Gasteiger charge is -2.08. The quantitative estimate of drug-likeness (QED) is 0.812. The van der Waals surface area contributed by atoms with Crippen molar-refractivity contribution in [3.63, 3.8) is 0 Å². The van der Waals surface area contributed by atoms with Gasteiger partial charge in [-0.3, -0.25) is 9.48 Å². The number of hydrogen-bond donors (Lipinski definition) is 2. The summed E-state index contributed by atoms with van der Waals surface area (Å²) in [5, 5.41) is 6.87. The predicted molar refractivity (Wildman–Crippen MR) is 72.9 cm³/mol. The molecule has 6 nitrogen and oxygen atoms in total. The van der Waals surface area contributed by atoms with Gasteiger partial charge in [0.15, 0.2) is 6.61 Å². The Morgan fingerprint density at radius 3 is 2.84 bits per heavy atom. The molecule has 0 bridgehead atoms. The van der Waals surface area contributed by atoms with Crippen molar-refractivity contribution < 1.29 is 9.53 Å². The molecule has 0 aliphatic heterocycles. The highest BCUT2D eigenvalue weighted by molar-refractivity contribution is 5.92. The molecule has 2 rings (SSSR count). The fourth-order valence-electron chi connectivity index (χ4n) is 1.66. The number of benzene rings is 1. The third kappa shape index (κ3) is 3.25. The van der Waals surface area contributed by atoms with Gasteiger partial charge in [0.25, 0.3) is 5.91 Å². The van der Waals surface area contributed by atoms with Crippen LogP contribution in [0, 0.1) is 6.92 Å². The van der Waals surface area contributed by atoms with Gasteiger partial charge in [0.05, 0.1) is 17.1 Å². The molecule has 0 atom stereocenters. The van der Waals surface area contributed by atoms with Crippen molar-refractivity contribution in [2.75, 3.05) is 17.7 Å². The first-order valence-electron chi connectivity index (χ1n) is 5.83. The van der Waals surface area contributed by atoms with Gasteiger partial charge in [0, 0.05) is 13.2 Å². The molecule has 2 aromatic rings. The van der Waals surface area contributed by atoms with E-state index in [9.17, 15) is 4.79 Å². The first-order valence-corrected chi connectivity index (χ1v) is 5.83. The molecule has 0 aliphatic rings. The molecule has 0 saturated carbocycles. The molecule has 0 fully saturated rings. The zero-order valence-electron chi connectivity index (χ0n) is 10.9. The van der Waals surface area contributed by atoms with E-state index in [0.717, 1.165) is 5.69 Å². The second kappa shape index (κ2) is 5.43. The Balaban J connectivity index is 1.92. The Hall–Kier alpha value is -2.50. The molecular formula is C13H16N4O2. The number of hydrogen-bond acceptors (Lipinski definition) is 4. The highest BCUT2D eigenvalue weighted by atomic mass is 16.5. The lowest BCUT2D eigenvalue weighted by atomic mass is 10.3. The first-order chi connectivity index (χ1) is 9.06. The molecule has 100 valence electrons. The van der Waals surface area contributed by atoms with E-state index in [1.807, 2.05) is 6.92 Å². The van der Waals surface area contributed by atoms with Gasteiger partial charge in [-0.2, -0.15) is 5.10 Å². The van der Waals surface area contributed by atoms with E-state index in [1.54, 1.807) is 42.2 Å². The maximum atomic E-state index is 11.7. The summed E-state index contributed by atoms with van der Waals surface area (Å²) < 4.78 is 6.99. The first kappa shape index (κ1) is 12.9. The number of rotatable bonds is 4. The maximum absolute atomic E-state index is 11.7. The number of para-hydroxylation sites is 2. The van der Waals surface area contributed by atoms with Crippen LogP contribution in [0.25, 0.3) is 0 Å². The van der Waals surface area contributed by atoms with Gasteiger partial charge in [0.2, 0.25) is 0 Å². The van der Waals surface area contributed by atoms with Crippen LogP contribution in [0.5, 0.6) is 5.75 Å². The molecule has 0 unspecified atom stereocenters. The van der Waals surface area contributed by atoms with Crippen LogP contribution in [-0.2, 0) is 11.8 Å². The van der Waals surface area contributed by atoms with Gasteiger partial charge in [-0.15, -0.1) is 0 Å². The van der Waals surface area contributed by atoms with Crippen LogP contribution >= 0.6 is 0 Å². The lowest BCUT2D eigenvalue weighted by molar-refractivity contribution is -0.118. The van der Waals surface area contributed by atoms with Crippen molar-refractivity contribution in [2.24, 2.45) is 7.05 Å². The van der Waals surface area contributed by atoms with Gasteiger partial charge in [-0.25, -0.2) is 0 Å². The summed E-state index contributed by atoms with van der Waals surface area (Å²) in [6, 6.07) is 7.05. The third-order valence-corrected chi connectivity index (χ3v) is 2.57. The summed E-state index contributed by atoms with van der Waals surface area (Å²) in [7, 11) is 1.80. The van der Waals surface area contributed by atoms with Crippen molar-refractivity contribution >= 4 is 17.3 Å². The molecule has 0 aliphatic carbocycles. The summed E-state index contributed by atoms with van der Waals surface area (Å²) in [6.45, 7) is 1.73. The second-order valence-corrected chi connectivity index (χ2v) is 4.18. The molecule has 1 aromatic carbocycles. The Labute approximate surface area is 111 Å². The SMILES string of the molecule is Cc1nn(C)cc1NC(=O)COc1ccccc1N. The fraction of sp³-hybridized carbons (Fsp3) is 0.231. The maximum Gasteiger partial charge on any atom is 0.262 e. The number of carbonyl (C=O) groups is 1. The number of nitrogens with one attached hydrogen (secondary N) is 1. The Kier molecular flexibility index (Phi) is 3.70. The van der Waals surface area contributed by atoms with E-state index >= 15 is 0 Å². The molecule has 19 heavy (non-hydrogen) atoms. The van der Waals surface area contributed by atoms with E-state index in [4.69, 9.17) is 10.5 Å². The van der Waals surface area contributed by atoms with Crippen molar-refractivity contribution in [1.29, 1.82) is 0 Å². The minimum Gasteiger partial charge on any atom is -0.482 e. The van der Waals surface area contributed by atoms with Crippen LogP contribution in [0.3, 0.4) is 0 Å². The molecule has 0 saturated heterocycles. The molecule has 1 aromatic heterocycles. The van der Waals surface area contributed by atoms with Crippen molar-refractivity contribution in [3.05, 3.63) is 36.2 Å². The van der Waals surface area contributed by atoms with Crippen molar-refractivity contribution in [2.45, 2.75) is 6.92 Å². The van der Waals surface area contributed by atoms with Gasteiger partial charge < -0.3 is 15.8 Å². The smallest absolute Gasteiger partial charge is 0.262 e. The summed E-state index contributed by atoms with van der Waals surface area (Å²) in [5.74, 6) is 0.250. The highest BCUT2D eigenvalue weighted by Crippen LogP contribution is 2.19. The minimum atomic E-state index is -0.251. The number of aryl methyl sites for hydroxylation is 2. The Morgan fingerprint density at radius 2 is 2.21 bits per heavy atom. The van der Waals surface area contributed by atoms with Crippen LogP contribution in [0.2, 0.25) is 0 Å². The van der Waals surface area contributed by atoms with E-state index < -0.39 is 0 Å². The van der Waals surface area contributed by atoms with Crippen LogP contribution in [0.1, 0.15) is 5.69 Å². The van der Waals surface area contributed by atoms with Crippen LogP contribution in [-0.4, -0.2) is 22.3 Å².